The van der Waals surface area contributed by atoms with Crippen LogP contribution in [0.4, 0.5) is 5.69 Å². The Morgan fingerprint density at radius 1 is 1.16 bits per heavy atom. The summed E-state index contributed by atoms with van der Waals surface area (Å²) in [5.74, 6) is -0.0995. The average Bonchev–Trinajstić information content (AvgIpc) is 2.42. The third-order valence-corrected chi connectivity index (χ3v) is 2.87. The van der Waals surface area contributed by atoms with Gasteiger partial charge in [0, 0.05) is 25.6 Å². The second kappa shape index (κ2) is 7.41. The normalized spacial score (nSPS) is 10.0. The number of carboxylic acid groups (broad SMARTS) is 1. The van der Waals surface area contributed by atoms with E-state index in [1.165, 1.54) is 0 Å². The predicted octanol–water partition coefficient (Wildman–Crippen LogP) is 2.30. The van der Waals surface area contributed by atoms with Crippen molar-refractivity contribution in [1.82, 2.24) is 0 Å². The van der Waals surface area contributed by atoms with Crippen molar-refractivity contribution in [2.75, 3.05) is 19.1 Å². The fraction of sp³-hybridized carbons (Fsp3) is 0.429. The Labute approximate surface area is 112 Å². The number of benzene rings is 1. The molecule has 5 nitrogen and oxygen atoms in total. The molecule has 0 bridgehead atoms. The summed E-state index contributed by atoms with van der Waals surface area (Å²) in [5.41, 5.74) is 0.795. The number of methoxy groups -OCH3 is 1. The van der Waals surface area contributed by atoms with Crippen LogP contribution in [0.5, 0.6) is 5.75 Å². The van der Waals surface area contributed by atoms with Crippen molar-refractivity contribution in [2.45, 2.75) is 25.7 Å². The summed E-state index contributed by atoms with van der Waals surface area (Å²) < 4.78 is 5.05. The van der Waals surface area contributed by atoms with E-state index in [1.807, 2.05) is 12.1 Å². The zero-order valence-corrected chi connectivity index (χ0v) is 11.3. The zero-order valence-electron chi connectivity index (χ0n) is 11.3. The Kier molecular flexibility index (Phi) is 5.85. The number of hydrogen-bond acceptors (Lipinski definition) is 3. The van der Waals surface area contributed by atoms with E-state index in [2.05, 4.69) is 0 Å². The zero-order chi connectivity index (χ0) is 14.3. The Bertz CT molecular complexity index is 428. The first-order valence-electron chi connectivity index (χ1n) is 6.17. The maximum absolute atomic E-state index is 11.9. The first-order valence-corrected chi connectivity index (χ1v) is 6.17. The number of amides is 1. The van der Waals surface area contributed by atoms with Gasteiger partial charge < -0.3 is 14.7 Å². The van der Waals surface area contributed by atoms with E-state index in [1.54, 1.807) is 31.2 Å². The van der Waals surface area contributed by atoms with Crippen molar-refractivity contribution in [3.8, 4) is 5.75 Å². The molecule has 5 heteroatoms. The van der Waals surface area contributed by atoms with Gasteiger partial charge in [-0.2, -0.15) is 0 Å². The topological polar surface area (TPSA) is 66.8 Å². The van der Waals surface area contributed by atoms with Crippen LogP contribution in [-0.2, 0) is 9.59 Å². The van der Waals surface area contributed by atoms with Crippen LogP contribution in [0.25, 0.3) is 0 Å². The highest BCUT2D eigenvalue weighted by Gasteiger charge is 2.10. The second-order valence-electron chi connectivity index (χ2n) is 4.25. The van der Waals surface area contributed by atoms with Crippen molar-refractivity contribution in [3.63, 3.8) is 0 Å². The molecule has 1 amide bonds. The van der Waals surface area contributed by atoms with Gasteiger partial charge in [0.05, 0.1) is 7.11 Å². The number of carbonyl (C=O) groups excluding carboxylic acids is 1. The first-order chi connectivity index (χ1) is 9.04. The van der Waals surface area contributed by atoms with Crippen LogP contribution >= 0.6 is 0 Å². The number of unbranched alkanes of at least 4 members (excludes halogenated alkanes) is 1. The van der Waals surface area contributed by atoms with Gasteiger partial charge in [-0.1, -0.05) is 0 Å². The molecule has 0 saturated carbocycles. The quantitative estimate of drug-likeness (QED) is 0.768. The van der Waals surface area contributed by atoms with Gasteiger partial charge in [0.1, 0.15) is 5.75 Å². The lowest BCUT2D eigenvalue weighted by Gasteiger charge is -2.17. The van der Waals surface area contributed by atoms with Crippen molar-refractivity contribution in [2.24, 2.45) is 0 Å². The number of carboxylic acids is 1. The summed E-state index contributed by atoms with van der Waals surface area (Å²) in [7, 11) is 3.30. The third kappa shape index (κ3) is 4.99. The standard InChI is InChI=1S/C14H19NO4/c1-15(11-7-9-12(19-2)10-8-11)13(16)5-3-4-6-14(17)18/h7-10H,3-6H2,1-2H3,(H,17,18). The number of anilines is 1. The van der Waals surface area contributed by atoms with Gasteiger partial charge in [-0.05, 0) is 37.1 Å². The maximum Gasteiger partial charge on any atom is 0.303 e. The molecule has 0 atom stereocenters. The largest absolute Gasteiger partial charge is 0.497 e. The molecule has 1 rings (SSSR count). The summed E-state index contributed by atoms with van der Waals surface area (Å²) in [6.07, 6.45) is 1.58. The molecule has 0 fully saturated rings. The smallest absolute Gasteiger partial charge is 0.303 e. The molecule has 0 heterocycles. The van der Waals surface area contributed by atoms with Gasteiger partial charge in [0.15, 0.2) is 0 Å². The van der Waals surface area contributed by atoms with Crippen LogP contribution in [0.15, 0.2) is 24.3 Å². The SMILES string of the molecule is COc1ccc(N(C)C(=O)CCCCC(=O)O)cc1. The van der Waals surface area contributed by atoms with Gasteiger partial charge in [0.25, 0.3) is 0 Å². The molecule has 0 unspecified atom stereocenters. The highest BCUT2D eigenvalue weighted by molar-refractivity contribution is 5.92. The summed E-state index contributed by atoms with van der Waals surface area (Å²) in [6.45, 7) is 0. The van der Waals surface area contributed by atoms with Gasteiger partial charge in [0.2, 0.25) is 5.91 Å². The second-order valence-corrected chi connectivity index (χ2v) is 4.25. The summed E-state index contributed by atoms with van der Waals surface area (Å²) >= 11 is 0. The molecule has 0 aliphatic heterocycles. The number of ether oxygens (including phenoxy) is 1. The summed E-state index contributed by atoms with van der Waals surface area (Å²) in [4.78, 5) is 23.8. The fourth-order valence-electron chi connectivity index (χ4n) is 1.67. The lowest BCUT2D eigenvalue weighted by atomic mass is 10.1. The van der Waals surface area contributed by atoms with Gasteiger partial charge in [-0.25, -0.2) is 0 Å². The lowest BCUT2D eigenvalue weighted by Crippen LogP contribution is -2.25. The van der Waals surface area contributed by atoms with Gasteiger partial charge in [-0.15, -0.1) is 0 Å². The molecule has 0 aromatic heterocycles. The number of carbonyl (C=O) groups is 2. The average molecular weight is 265 g/mol. The monoisotopic (exact) mass is 265 g/mol. The van der Waals surface area contributed by atoms with E-state index in [4.69, 9.17) is 9.84 Å². The minimum Gasteiger partial charge on any atom is -0.497 e. The lowest BCUT2D eigenvalue weighted by molar-refractivity contribution is -0.137. The van der Waals surface area contributed by atoms with Crippen LogP contribution in [0.2, 0.25) is 0 Å². The van der Waals surface area contributed by atoms with Crippen molar-refractivity contribution < 1.29 is 19.4 Å². The summed E-state index contributed by atoms with van der Waals surface area (Å²) in [5, 5.41) is 8.51. The molecule has 19 heavy (non-hydrogen) atoms. The molecule has 1 N–H and O–H groups in total. The van der Waals surface area contributed by atoms with E-state index in [0.29, 0.717) is 19.3 Å². The van der Waals surface area contributed by atoms with Crippen molar-refractivity contribution in [3.05, 3.63) is 24.3 Å². The van der Waals surface area contributed by atoms with Crippen LogP contribution in [0, 0.1) is 0 Å². The molecule has 1 aromatic rings. The molecular formula is C14H19NO4. The van der Waals surface area contributed by atoms with E-state index in [-0.39, 0.29) is 12.3 Å². The van der Waals surface area contributed by atoms with E-state index < -0.39 is 5.97 Å². The van der Waals surface area contributed by atoms with Gasteiger partial charge in [-0.3, -0.25) is 9.59 Å². The van der Waals surface area contributed by atoms with Crippen LogP contribution in [0.1, 0.15) is 25.7 Å². The Hall–Kier alpha value is -2.04. The Morgan fingerprint density at radius 2 is 1.74 bits per heavy atom. The number of nitrogens with zero attached hydrogens (tertiary/aromatic N) is 1. The number of rotatable bonds is 7. The molecular weight excluding hydrogens is 246 g/mol. The third-order valence-electron chi connectivity index (χ3n) is 2.87. The molecule has 104 valence electrons. The van der Waals surface area contributed by atoms with Crippen LogP contribution in [-0.4, -0.2) is 31.1 Å². The highest BCUT2D eigenvalue weighted by Crippen LogP contribution is 2.19. The predicted molar refractivity (Wildman–Crippen MR) is 72.5 cm³/mol. The van der Waals surface area contributed by atoms with Gasteiger partial charge >= 0.3 is 5.97 Å². The molecule has 0 aliphatic rings. The molecule has 0 saturated heterocycles. The molecule has 0 radical (unpaired) electrons. The van der Waals surface area contributed by atoms with Crippen molar-refractivity contribution >= 4 is 17.6 Å². The van der Waals surface area contributed by atoms with Crippen molar-refractivity contribution in [1.29, 1.82) is 0 Å². The molecule has 0 spiro atoms. The minimum absolute atomic E-state index is 0.0180. The van der Waals surface area contributed by atoms with E-state index in [0.717, 1.165) is 11.4 Å². The Balaban J connectivity index is 2.44. The Morgan fingerprint density at radius 3 is 2.26 bits per heavy atom. The fourth-order valence-corrected chi connectivity index (χ4v) is 1.67. The van der Waals surface area contributed by atoms with Crippen LogP contribution in [0.3, 0.4) is 0 Å². The number of hydrogen-bond donors (Lipinski definition) is 1. The molecule has 0 aliphatic carbocycles. The summed E-state index contributed by atoms with van der Waals surface area (Å²) in [6, 6.07) is 7.22. The molecule has 1 aromatic carbocycles. The van der Waals surface area contributed by atoms with Crippen LogP contribution < -0.4 is 9.64 Å². The highest BCUT2D eigenvalue weighted by atomic mass is 16.5. The maximum atomic E-state index is 11.9. The first kappa shape index (κ1) is 15.0. The van der Waals surface area contributed by atoms with E-state index in [9.17, 15) is 9.59 Å². The number of aliphatic carboxylic acids is 1. The van der Waals surface area contributed by atoms with E-state index >= 15 is 0 Å². The minimum atomic E-state index is -0.823.